The minimum Gasteiger partial charge on any atom is -0.462 e. The van der Waals surface area contributed by atoms with E-state index in [9.17, 15) is 44.0 Å². The number of phosphoric acid groups is 2. The molecule has 1 saturated carbocycles. The fraction of sp³-hybridized carbons (Fsp3) is 0.826. The first-order valence-corrected chi connectivity index (χ1v) is 27.0. The predicted octanol–water partition coefficient (Wildman–Crippen LogP) is 8.83. The molecule has 16 nitrogen and oxygen atoms in total. The summed E-state index contributed by atoms with van der Waals surface area (Å²) in [7, 11) is -9.77. The molecule has 1 aliphatic rings. The summed E-state index contributed by atoms with van der Waals surface area (Å²) in [4.78, 5) is 53.0. The molecule has 0 heterocycles. The van der Waals surface area contributed by atoms with E-state index < -0.39 is 84.5 Å². The molecule has 0 aromatic rings. The van der Waals surface area contributed by atoms with E-state index in [1.807, 2.05) is 18.2 Å². The van der Waals surface area contributed by atoms with Gasteiger partial charge in [0, 0.05) is 25.2 Å². The summed E-state index contributed by atoms with van der Waals surface area (Å²) in [5, 5.41) is 41.1. The Kier molecular flexibility index (Phi) is 35.0. The quantitative estimate of drug-likeness (QED) is 0.0131. The van der Waals surface area contributed by atoms with E-state index in [1.54, 1.807) is 6.08 Å². The average molecular weight is 955 g/mol. The molecule has 0 amide bonds. The highest BCUT2D eigenvalue weighted by Gasteiger charge is 2.39. The highest BCUT2D eigenvalue weighted by molar-refractivity contribution is 7.47. The van der Waals surface area contributed by atoms with Crippen molar-refractivity contribution in [2.24, 2.45) is 11.8 Å². The van der Waals surface area contributed by atoms with Crippen LogP contribution in [-0.2, 0) is 41.8 Å². The maximum Gasteiger partial charge on any atom is 0.472 e. The van der Waals surface area contributed by atoms with Crippen molar-refractivity contribution in [2.75, 3.05) is 26.4 Å². The van der Waals surface area contributed by atoms with Gasteiger partial charge in [-0.1, -0.05) is 134 Å². The lowest BCUT2D eigenvalue weighted by molar-refractivity contribution is -0.161. The zero-order chi connectivity index (χ0) is 47.5. The molecule has 1 unspecified atom stereocenters. The number of unbranched alkanes of at least 4 members (excludes halogenated alkanes) is 16. The first-order valence-electron chi connectivity index (χ1n) is 23.9. The second-order valence-corrected chi connectivity index (χ2v) is 19.7. The van der Waals surface area contributed by atoms with E-state index in [2.05, 4.69) is 35.0 Å². The van der Waals surface area contributed by atoms with Gasteiger partial charge in [-0.15, -0.1) is 0 Å². The minimum absolute atomic E-state index is 0.0179. The third-order valence-electron chi connectivity index (χ3n) is 11.1. The Hall–Kier alpha value is -1.78. The summed E-state index contributed by atoms with van der Waals surface area (Å²) >= 11 is 0. The first-order chi connectivity index (χ1) is 30.6. The zero-order valence-corrected chi connectivity index (χ0v) is 40.5. The van der Waals surface area contributed by atoms with Crippen LogP contribution in [0.4, 0.5) is 0 Å². The summed E-state index contributed by atoms with van der Waals surface area (Å²) in [5.74, 6) is -1.71. The molecule has 64 heavy (non-hydrogen) atoms. The van der Waals surface area contributed by atoms with Gasteiger partial charge in [0.25, 0.3) is 0 Å². The fourth-order valence-electron chi connectivity index (χ4n) is 7.34. The fourth-order valence-corrected chi connectivity index (χ4v) is 8.49. The number of phosphoric ester groups is 2. The number of carbonyl (C=O) groups excluding carboxylic acids is 2. The third kappa shape index (κ3) is 33.7. The van der Waals surface area contributed by atoms with Crippen molar-refractivity contribution in [3.63, 3.8) is 0 Å². The summed E-state index contributed by atoms with van der Waals surface area (Å²) in [6, 6.07) is 0. The third-order valence-corrected chi connectivity index (χ3v) is 12.5. The van der Waals surface area contributed by atoms with Gasteiger partial charge in [-0.05, 0) is 63.7 Å². The van der Waals surface area contributed by atoms with Crippen LogP contribution in [0, 0.1) is 11.8 Å². The van der Waals surface area contributed by atoms with Crippen LogP contribution in [0.3, 0.4) is 0 Å². The van der Waals surface area contributed by atoms with Gasteiger partial charge in [0.15, 0.2) is 6.10 Å². The van der Waals surface area contributed by atoms with Crippen molar-refractivity contribution in [1.82, 2.24) is 0 Å². The lowest BCUT2D eigenvalue weighted by Gasteiger charge is -2.20. The molecule has 8 atom stereocenters. The van der Waals surface area contributed by atoms with Gasteiger partial charge in [0.2, 0.25) is 0 Å². The van der Waals surface area contributed by atoms with E-state index in [0.717, 1.165) is 70.6 Å². The van der Waals surface area contributed by atoms with E-state index in [0.29, 0.717) is 32.1 Å². The van der Waals surface area contributed by atoms with Gasteiger partial charge in [0.1, 0.15) is 12.7 Å². The van der Waals surface area contributed by atoms with Gasteiger partial charge in [-0.3, -0.25) is 23.2 Å². The highest BCUT2D eigenvalue weighted by atomic mass is 31.2. The summed E-state index contributed by atoms with van der Waals surface area (Å²) < 4.78 is 47.9. The van der Waals surface area contributed by atoms with Gasteiger partial charge < -0.3 is 44.6 Å². The largest absolute Gasteiger partial charge is 0.472 e. The Labute approximate surface area is 383 Å². The summed E-state index contributed by atoms with van der Waals surface area (Å²) in [6.45, 7) is 1.39. The number of rotatable bonds is 41. The maximum absolute atomic E-state index is 12.7. The Morgan fingerprint density at radius 3 is 1.80 bits per heavy atom. The van der Waals surface area contributed by atoms with Crippen LogP contribution in [0.1, 0.15) is 174 Å². The molecule has 0 aromatic carbocycles. The van der Waals surface area contributed by atoms with Crippen molar-refractivity contribution in [2.45, 2.75) is 205 Å². The molecule has 0 aliphatic heterocycles. The predicted molar refractivity (Wildman–Crippen MR) is 246 cm³/mol. The first kappa shape index (κ1) is 60.2. The van der Waals surface area contributed by atoms with Crippen molar-refractivity contribution in [3.05, 3.63) is 36.5 Å². The minimum atomic E-state index is -4.90. The van der Waals surface area contributed by atoms with Crippen LogP contribution in [0.15, 0.2) is 36.5 Å². The second kappa shape index (κ2) is 37.2. The summed E-state index contributed by atoms with van der Waals surface area (Å²) in [6.07, 6.45) is 29.4. The van der Waals surface area contributed by atoms with E-state index in [1.165, 1.54) is 38.5 Å². The van der Waals surface area contributed by atoms with Gasteiger partial charge >= 0.3 is 27.6 Å². The van der Waals surface area contributed by atoms with Crippen LogP contribution in [0.25, 0.3) is 0 Å². The van der Waals surface area contributed by atoms with E-state index in [-0.39, 0.29) is 31.1 Å². The van der Waals surface area contributed by atoms with E-state index >= 15 is 0 Å². The molecule has 18 heteroatoms. The second-order valence-electron chi connectivity index (χ2n) is 17.0. The lowest BCUT2D eigenvalue weighted by atomic mass is 9.89. The number of hydrogen-bond donors (Lipinski definition) is 7. The Morgan fingerprint density at radius 2 is 1.16 bits per heavy atom. The molecule has 0 spiro atoms. The lowest BCUT2D eigenvalue weighted by Crippen LogP contribution is -2.30. The van der Waals surface area contributed by atoms with Crippen molar-refractivity contribution in [3.8, 4) is 0 Å². The Bertz CT molecular complexity index is 1390. The topological polar surface area (TPSA) is 256 Å². The molecular formula is C46H84O16P2. The monoisotopic (exact) mass is 955 g/mol. The SMILES string of the molecule is CCCCCCCC/C=C\CCCCCCCCCC(=O)O[C@H](COC(=O)CCC/C=C/C[C@@H]1[C@@H](/C=C/[C@@H](O)CCCCC)[C@H](O)C[C@@H]1O)COP(=O)(O)OC[C@@H](O)COP(=O)(O)O. The molecule has 374 valence electrons. The molecular weight excluding hydrogens is 870 g/mol. The van der Waals surface area contributed by atoms with Crippen LogP contribution >= 0.6 is 15.6 Å². The molecule has 0 bridgehead atoms. The average Bonchev–Trinajstić information content (AvgIpc) is 3.51. The van der Waals surface area contributed by atoms with Crippen LogP contribution < -0.4 is 0 Å². The zero-order valence-electron chi connectivity index (χ0n) is 38.7. The van der Waals surface area contributed by atoms with Gasteiger partial charge in [0.05, 0.1) is 38.1 Å². The van der Waals surface area contributed by atoms with Crippen molar-refractivity contribution < 1.29 is 76.9 Å². The molecule has 7 N–H and O–H groups in total. The standard InChI is InChI=1S/C46H84O16P2/c1-3-5-7-8-9-10-11-12-13-14-15-16-17-18-19-20-26-30-46(52)62-40(37-61-64(56,57)60-35-39(48)34-59-63(53,54)55)36-58-45(51)29-25-22-21-24-28-41-42(44(50)33-43(41)49)32-31-38(47)27-23-6-4-2/h12-13,21,24,31-32,38-44,47-50H,3-11,14-20,22-23,25-30,33-37H2,1-2H3,(H,56,57)(H2,53,54,55)/b13-12-,24-21+,32-31+/t38-,39-,40+,41+,42+,43-,44+/m0/s1. The van der Waals surface area contributed by atoms with Crippen LogP contribution in [0.2, 0.25) is 0 Å². The van der Waals surface area contributed by atoms with E-state index in [4.69, 9.17) is 23.8 Å². The number of ether oxygens (including phenoxy) is 2. The molecule has 1 aliphatic carbocycles. The van der Waals surface area contributed by atoms with Crippen LogP contribution in [-0.4, -0.2) is 104 Å². The molecule has 0 aromatic heterocycles. The van der Waals surface area contributed by atoms with Gasteiger partial charge in [-0.25, -0.2) is 9.13 Å². The highest BCUT2D eigenvalue weighted by Crippen LogP contribution is 2.44. The number of aliphatic hydroxyl groups excluding tert-OH is 4. The van der Waals surface area contributed by atoms with Crippen molar-refractivity contribution >= 4 is 27.6 Å². The maximum atomic E-state index is 12.7. The number of carbonyl (C=O) groups is 2. The Morgan fingerprint density at radius 1 is 0.625 bits per heavy atom. The number of esters is 2. The number of aliphatic hydroxyl groups is 4. The molecule has 1 fully saturated rings. The van der Waals surface area contributed by atoms with Gasteiger partial charge in [-0.2, -0.15) is 0 Å². The molecule has 0 radical (unpaired) electrons. The molecule has 1 rings (SSSR count). The number of hydrogen-bond acceptors (Lipinski definition) is 13. The van der Waals surface area contributed by atoms with Crippen molar-refractivity contribution in [1.29, 1.82) is 0 Å². The normalized spacial score (nSPS) is 20.6. The smallest absolute Gasteiger partial charge is 0.462 e. The Balaban J connectivity index is 2.53. The number of allylic oxidation sites excluding steroid dienone is 4. The molecule has 0 saturated heterocycles. The van der Waals surface area contributed by atoms with Crippen LogP contribution in [0.5, 0.6) is 0 Å². The summed E-state index contributed by atoms with van der Waals surface area (Å²) in [5.41, 5.74) is 0.